The molecule has 0 radical (unpaired) electrons. The van der Waals surface area contributed by atoms with E-state index >= 15 is 0 Å². The van der Waals surface area contributed by atoms with Crippen LogP contribution in [0.1, 0.15) is 24.5 Å². The summed E-state index contributed by atoms with van der Waals surface area (Å²) in [6, 6.07) is 6.30. The summed E-state index contributed by atoms with van der Waals surface area (Å²) >= 11 is 0. The number of hydrogen-bond donors (Lipinski definition) is 1. The molecule has 0 saturated carbocycles. The van der Waals surface area contributed by atoms with Crippen molar-refractivity contribution >= 4 is 12.0 Å². The van der Waals surface area contributed by atoms with Crippen molar-refractivity contribution < 1.29 is 14.6 Å². The van der Waals surface area contributed by atoms with Gasteiger partial charge in [-0.1, -0.05) is 25.1 Å². The van der Waals surface area contributed by atoms with Gasteiger partial charge >= 0.3 is 5.97 Å². The number of aliphatic carboxylic acids is 1. The molecular formula is C16H19NO3. The Morgan fingerprint density at radius 2 is 2.35 bits per heavy atom. The van der Waals surface area contributed by atoms with Crippen LogP contribution in [0.3, 0.4) is 0 Å². The largest absolute Gasteiger partial charge is 0.481 e. The highest BCUT2D eigenvalue weighted by atomic mass is 16.5. The van der Waals surface area contributed by atoms with Gasteiger partial charge in [0, 0.05) is 25.1 Å². The predicted molar refractivity (Wildman–Crippen MR) is 76.9 cm³/mol. The van der Waals surface area contributed by atoms with E-state index in [-0.39, 0.29) is 12.1 Å². The molecule has 1 fully saturated rings. The van der Waals surface area contributed by atoms with Crippen LogP contribution in [0.15, 0.2) is 24.3 Å². The summed E-state index contributed by atoms with van der Waals surface area (Å²) in [5.41, 5.74) is 2.01. The highest BCUT2D eigenvalue weighted by Gasteiger charge is 2.40. The molecule has 2 aliphatic heterocycles. The van der Waals surface area contributed by atoms with Crippen LogP contribution < -0.4 is 4.74 Å². The molecule has 1 saturated heterocycles. The SMILES string of the molecule is CCc1ccc2c(c1)OC1(C=C2)CCN(CC(=O)O)C1. The van der Waals surface area contributed by atoms with Crippen molar-refractivity contribution in [3.63, 3.8) is 0 Å². The van der Waals surface area contributed by atoms with E-state index in [1.165, 1.54) is 5.56 Å². The Kier molecular flexibility index (Phi) is 3.26. The topological polar surface area (TPSA) is 49.8 Å². The smallest absolute Gasteiger partial charge is 0.317 e. The fourth-order valence-corrected chi connectivity index (χ4v) is 2.95. The van der Waals surface area contributed by atoms with Gasteiger partial charge in [0.05, 0.1) is 6.54 Å². The first-order valence-electron chi connectivity index (χ1n) is 7.05. The number of carboxylic acids is 1. The normalized spacial score (nSPS) is 24.6. The Morgan fingerprint density at radius 3 is 3.10 bits per heavy atom. The lowest BCUT2D eigenvalue weighted by molar-refractivity contribution is -0.138. The van der Waals surface area contributed by atoms with Crippen LogP contribution in [0.4, 0.5) is 0 Å². The Morgan fingerprint density at radius 1 is 1.50 bits per heavy atom. The van der Waals surface area contributed by atoms with E-state index in [0.717, 1.165) is 30.7 Å². The quantitative estimate of drug-likeness (QED) is 0.917. The molecular weight excluding hydrogens is 254 g/mol. The number of carbonyl (C=O) groups is 1. The molecule has 3 rings (SSSR count). The lowest BCUT2D eigenvalue weighted by atomic mass is 9.96. The lowest BCUT2D eigenvalue weighted by Crippen LogP contribution is -2.40. The van der Waals surface area contributed by atoms with Crippen LogP contribution in [0.25, 0.3) is 6.08 Å². The Balaban J connectivity index is 1.80. The minimum atomic E-state index is -0.782. The number of benzene rings is 1. The fraction of sp³-hybridized carbons (Fsp3) is 0.438. The summed E-state index contributed by atoms with van der Waals surface area (Å²) in [6.45, 7) is 3.62. The van der Waals surface area contributed by atoms with Crippen molar-refractivity contribution in [1.82, 2.24) is 4.90 Å². The van der Waals surface area contributed by atoms with Gasteiger partial charge in [-0.15, -0.1) is 0 Å². The van der Waals surface area contributed by atoms with E-state index < -0.39 is 5.97 Å². The second-order valence-corrected chi connectivity index (χ2v) is 5.58. The van der Waals surface area contributed by atoms with Gasteiger partial charge in [0.15, 0.2) is 0 Å². The molecule has 0 aliphatic carbocycles. The van der Waals surface area contributed by atoms with Crippen LogP contribution in [-0.4, -0.2) is 41.2 Å². The summed E-state index contributed by atoms with van der Waals surface area (Å²) in [7, 11) is 0. The van der Waals surface area contributed by atoms with Crippen LogP contribution in [0.5, 0.6) is 5.75 Å². The standard InChI is InChI=1S/C16H19NO3/c1-2-12-3-4-13-5-6-16(20-14(13)9-12)7-8-17(11-16)10-15(18)19/h3-6,9H,2,7-8,10-11H2,1H3,(H,18,19). The highest BCUT2D eigenvalue weighted by Crippen LogP contribution is 2.36. The summed E-state index contributed by atoms with van der Waals surface area (Å²) < 4.78 is 6.21. The molecule has 1 aromatic rings. The van der Waals surface area contributed by atoms with Gasteiger partial charge in [0.25, 0.3) is 0 Å². The summed E-state index contributed by atoms with van der Waals surface area (Å²) in [5, 5.41) is 8.89. The minimum absolute atomic E-state index is 0.0841. The van der Waals surface area contributed by atoms with Crippen molar-refractivity contribution in [1.29, 1.82) is 0 Å². The molecule has 1 spiro atoms. The zero-order valence-electron chi connectivity index (χ0n) is 11.6. The van der Waals surface area contributed by atoms with E-state index in [1.54, 1.807) is 0 Å². The summed E-state index contributed by atoms with van der Waals surface area (Å²) in [6.07, 6.45) is 6.01. The number of rotatable bonds is 3. The molecule has 4 heteroatoms. The highest BCUT2D eigenvalue weighted by molar-refractivity contribution is 5.69. The maximum absolute atomic E-state index is 10.8. The molecule has 106 valence electrons. The first-order chi connectivity index (χ1) is 9.60. The molecule has 1 N–H and O–H groups in total. The number of nitrogens with zero attached hydrogens (tertiary/aromatic N) is 1. The second kappa shape index (κ2) is 4.94. The Bertz CT molecular complexity index is 567. The molecule has 0 aromatic heterocycles. The fourth-order valence-electron chi connectivity index (χ4n) is 2.95. The molecule has 2 aliphatic rings. The van der Waals surface area contributed by atoms with Crippen molar-refractivity contribution in [3.8, 4) is 5.75 Å². The van der Waals surface area contributed by atoms with E-state index in [2.05, 4.69) is 37.3 Å². The third-order valence-corrected chi connectivity index (χ3v) is 4.07. The summed E-state index contributed by atoms with van der Waals surface area (Å²) in [4.78, 5) is 12.7. The van der Waals surface area contributed by atoms with Gasteiger partial charge in [-0.05, 0) is 24.1 Å². The van der Waals surface area contributed by atoms with Crippen molar-refractivity contribution in [2.45, 2.75) is 25.4 Å². The minimum Gasteiger partial charge on any atom is -0.481 e. The maximum Gasteiger partial charge on any atom is 0.317 e. The molecule has 1 atom stereocenters. The number of fused-ring (bicyclic) bond motifs is 1. The predicted octanol–water partition coefficient (Wildman–Crippen LogP) is 2.18. The van der Waals surface area contributed by atoms with E-state index in [4.69, 9.17) is 9.84 Å². The molecule has 0 amide bonds. The van der Waals surface area contributed by atoms with E-state index in [9.17, 15) is 4.79 Å². The third-order valence-electron chi connectivity index (χ3n) is 4.07. The average molecular weight is 273 g/mol. The zero-order chi connectivity index (χ0) is 14.2. The van der Waals surface area contributed by atoms with Crippen molar-refractivity contribution in [2.75, 3.05) is 19.6 Å². The third kappa shape index (κ3) is 2.43. The van der Waals surface area contributed by atoms with Crippen molar-refractivity contribution in [2.24, 2.45) is 0 Å². The first-order valence-corrected chi connectivity index (χ1v) is 7.05. The van der Waals surface area contributed by atoms with Gasteiger partial charge in [-0.3, -0.25) is 9.69 Å². The van der Waals surface area contributed by atoms with Crippen LogP contribution in [0, 0.1) is 0 Å². The van der Waals surface area contributed by atoms with E-state index in [1.807, 2.05) is 4.90 Å². The number of ether oxygens (including phenoxy) is 1. The second-order valence-electron chi connectivity index (χ2n) is 5.58. The average Bonchev–Trinajstić information content (AvgIpc) is 2.79. The number of likely N-dealkylation sites (tertiary alicyclic amines) is 1. The molecule has 1 aromatic carbocycles. The molecule has 20 heavy (non-hydrogen) atoms. The van der Waals surface area contributed by atoms with Gasteiger partial charge in [0.1, 0.15) is 11.4 Å². The number of carboxylic acid groups (broad SMARTS) is 1. The van der Waals surface area contributed by atoms with Crippen LogP contribution >= 0.6 is 0 Å². The molecule has 2 heterocycles. The lowest BCUT2D eigenvalue weighted by Gasteiger charge is -2.31. The van der Waals surface area contributed by atoms with Crippen molar-refractivity contribution in [3.05, 3.63) is 35.4 Å². The van der Waals surface area contributed by atoms with Gasteiger partial charge in [0.2, 0.25) is 0 Å². The monoisotopic (exact) mass is 273 g/mol. The van der Waals surface area contributed by atoms with Gasteiger partial charge < -0.3 is 9.84 Å². The Hall–Kier alpha value is -1.81. The maximum atomic E-state index is 10.8. The van der Waals surface area contributed by atoms with Gasteiger partial charge in [-0.2, -0.15) is 0 Å². The number of aryl methyl sites for hydroxylation is 1. The molecule has 4 nitrogen and oxygen atoms in total. The molecule has 1 unspecified atom stereocenters. The van der Waals surface area contributed by atoms with Crippen LogP contribution in [0.2, 0.25) is 0 Å². The van der Waals surface area contributed by atoms with Crippen LogP contribution in [-0.2, 0) is 11.2 Å². The van der Waals surface area contributed by atoms with Gasteiger partial charge in [-0.25, -0.2) is 0 Å². The summed E-state index contributed by atoms with van der Waals surface area (Å²) in [5.74, 6) is 0.138. The Labute approximate surface area is 118 Å². The van der Waals surface area contributed by atoms with E-state index in [0.29, 0.717) is 6.54 Å². The number of hydrogen-bond acceptors (Lipinski definition) is 3. The molecule has 0 bridgehead atoms. The zero-order valence-corrected chi connectivity index (χ0v) is 11.6. The first kappa shape index (κ1) is 13.2.